The Labute approximate surface area is 144 Å². The van der Waals surface area contributed by atoms with Crippen LogP contribution in [0.3, 0.4) is 0 Å². The number of hydrogen-bond donors (Lipinski definition) is 1. The van der Waals surface area contributed by atoms with Crippen molar-refractivity contribution >= 4 is 16.7 Å². The first-order valence-corrected chi connectivity index (χ1v) is 9.85. The number of benzene rings is 1. The van der Waals surface area contributed by atoms with Gasteiger partial charge in [0.2, 0.25) is 5.91 Å². The lowest BCUT2D eigenvalue weighted by Gasteiger charge is -2.25. The molecule has 0 saturated heterocycles. The largest absolute Gasteiger partial charge is 0.355 e. The van der Waals surface area contributed by atoms with E-state index < -0.39 is 10.8 Å². The van der Waals surface area contributed by atoms with Crippen molar-refractivity contribution in [1.82, 2.24) is 14.9 Å². The first-order chi connectivity index (χ1) is 11.7. The van der Waals surface area contributed by atoms with Crippen molar-refractivity contribution in [2.75, 3.05) is 12.3 Å². The summed E-state index contributed by atoms with van der Waals surface area (Å²) in [6.07, 6.45) is 7.25. The van der Waals surface area contributed by atoms with Gasteiger partial charge in [-0.3, -0.25) is 9.00 Å². The Balaban J connectivity index is 1.49. The summed E-state index contributed by atoms with van der Waals surface area (Å²) in [5.74, 6) is 1.60. The molecule has 1 heterocycles. The number of imidazole rings is 1. The third-order valence-corrected chi connectivity index (χ3v) is 5.56. The molecule has 3 rings (SSSR count). The van der Waals surface area contributed by atoms with Crippen LogP contribution in [0.2, 0.25) is 0 Å². The van der Waals surface area contributed by atoms with E-state index in [0.29, 0.717) is 18.2 Å². The zero-order valence-electron chi connectivity index (χ0n) is 13.7. The molecule has 1 saturated carbocycles. The Bertz CT molecular complexity index is 695. The highest BCUT2D eigenvalue weighted by Gasteiger charge is 2.18. The Kier molecular flexibility index (Phi) is 5.80. The summed E-state index contributed by atoms with van der Waals surface area (Å²) in [4.78, 5) is 16.2. The van der Waals surface area contributed by atoms with Gasteiger partial charge in [0.05, 0.1) is 5.75 Å². The molecular formula is C18H23N3O2S. The Morgan fingerprint density at radius 1 is 1.29 bits per heavy atom. The van der Waals surface area contributed by atoms with Crippen LogP contribution in [0.1, 0.15) is 30.7 Å². The molecular weight excluding hydrogens is 322 g/mol. The number of nitrogens with zero attached hydrogens (tertiary/aromatic N) is 2. The molecule has 1 aliphatic carbocycles. The van der Waals surface area contributed by atoms with Gasteiger partial charge < -0.3 is 9.88 Å². The summed E-state index contributed by atoms with van der Waals surface area (Å²) in [5.41, 5.74) is 1.17. The summed E-state index contributed by atoms with van der Waals surface area (Å²) in [6.45, 7) is 1.42. The zero-order valence-corrected chi connectivity index (χ0v) is 14.5. The van der Waals surface area contributed by atoms with E-state index in [9.17, 15) is 9.00 Å². The van der Waals surface area contributed by atoms with Crippen LogP contribution in [0.25, 0.3) is 0 Å². The van der Waals surface area contributed by atoms with Gasteiger partial charge in [-0.1, -0.05) is 36.8 Å². The van der Waals surface area contributed by atoms with E-state index in [-0.39, 0.29) is 11.7 Å². The van der Waals surface area contributed by atoms with Gasteiger partial charge >= 0.3 is 0 Å². The van der Waals surface area contributed by atoms with Crippen LogP contribution in [0, 0.1) is 5.92 Å². The summed E-state index contributed by atoms with van der Waals surface area (Å²) < 4.78 is 14.2. The second-order valence-electron chi connectivity index (χ2n) is 6.29. The molecule has 1 atom stereocenters. The maximum atomic E-state index is 12.3. The quantitative estimate of drug-likeness (QED) is 0.797. The number of carbonyl (C=O) groups excluding carboxylic acids is 1. The third kappa shape index (κ3) is 4.77. The van der Waals surface area contributed by atoms with Crippen molar-refractivity contribution < 1.29 is 9.00 Å². The van der Waals surface area contributed by atoms with Crippen LogP contribution in [0.15, 0.2) is 42.7 Å². The molecule has 1 aromatic carbocycles. The maximum absolute atomic E-state index is 12.3. The fourth-order valence-corrected chi connectivity index (χ4v) is 3.78. The molecule has 1 N–H and O–H groups in total. The van der Waals surface area contributed by atoms with Crippen molar-refractivity contribution in [2.45, 2.75) is 31.6 Å². The number of aromatic nitrogens is 2. The van der Waals surface area contributed by atoms with Gasteiger partial charge in [-0.25, -0.2) is 4.98 Å². The average Bonchev–Trinajstić information content (AvgIpc) is 2.93. The minimum absolute atomic E-state index is 0.0465. The van der Waals surface area contributed by atoms with E-state index in [2.05, 4.69) is 22.4 Å². The molecule has 0 bridgehead atoms. The third-order valence-electron chi connectivity index (χ3n) is 4.39. The molecule has 6 heteroatoms. The van der Waals surface area contributed by atoms with Crippen LogP contribution < -0.4 is 5.32 Å². The van der Waals surface area contributed by atoms with E-state index in [1.54, 1.807) is 6.20 Å². The molecule has 2 aromatic rings. The lowest BCUT2D eigenvalue weighted by atomic mass is 9.85. The molecule has 1 amide bonds. The first-order valence-electron chi connectivity index (χ1n) is 8.36. The molecule has 0 aliphatic heterocycles. The molecule has 1 aliphatic rings. The Morgan fingerprint density at radius 2 is 2.08 bits per heavy atom. The van der Waals surface area contributed by atoms with Crippen LogP contribution in [-0.4, -0.2) is 32.0 Å². The second kappa shape index (κ2) is 8.24. The first kappa shape index (κ1) is 16.9. The van der Waals surface area contributed by atoms with Crippen LogP contribution in [0.4, 0.5) is 0 Å². The number of nitrogens with one attached hydrogen (secondary N) is 1. The van der Waals surface area contributed by atoms with Gasteiger partial charge in [0, 0.05) is 36.3 Å². The predicted molar refractivity (Wildman–Crippen MR) is 94.8 cm³/mol. The highest BCUT2D eigenvalue weighted by molar-refractivity contribution is 7.84. The van der Waals surface area contributed by atoms with E-state index in [4.69, 9.17) is 0 Å². The van der Waals surface area contributed by atoms with Crippen molar-refractivity contribution in [3.05, 3.63) is 54.1 Å². The van der Waals surface area contributed by atoms with Crippen molar-refractivity contribution in [1.29, 1.82) is 0 Å². The topological polar surface area (TPSA) is 64.0 Å². The van der Waals surface area contributed by atoms with E-state index in [1.807, 2.05) is 29.0 Å². The van der Waals surface area contributed by atoms with Crippen molar-refractivity contribution in [2.24, 2.45) is 5.92 Å². The van der Waals surface area contributed by atoms with Gasteiger partial charge in [-0.2, -0.15) is 0 Å². The van der Waals surface area contributed by atoms with Crippen LogP contribution in [-0.2, 0) is 27.9 Å². The van der Waals surface area contributed by atoms with Gasteiger partial charge in [-0.15, -0.1) is 0 Å². The van der Waals surface area contributed by atoms with Crippen LogP contribution in [0.5, 0.6) is 0 Å². The van der Waals surface area contributed by atoms with Crippen molar-refractivity contribution in [3.63, 3.8) is 0 Å². The smallest absolute Gasteiger partial charge is 0.232 e. The molecule has 24 heavy (non-hydrogen) atoms. The van der Waals surface area contributed by atoms with Crippen molar-refractivity contribution in [3.8, 4) is 0 Å². The predicted octanol–water partition coefficient (Wildman–Crippen LogP) is 2.10. The average molecular weight is 345 g/mol. The molecule has 1 fully saturated rings. The lowest BCUT2D eigenvalue weighted by molar-refractivity contribution is -0.118. The molecule has 5 nitrogen and oxygen atoms in total. The molecule has 0 spiro atoms. The standard InChI is InChI=1S/C18H23N3O2S/c22-18(20-11-15-7-4-8-15)14-24(23)13-17-19-9-10-21(17)12-16-5-2-1-3-6-16/h1-3,5-6,9-10,15H,4,7-8,11-14H2,(H,20,22). The summed E-state index contributed by atoms with van der Waals surface area (Å²) in [6, 6.07) is 10.1. The van der Waals surface area contributed by atoms with Gasteiger partial charge in [0.15, 0.2) is 0 Å². The minimum Gasteiger partial charge on any atom is -0.355 e. The highest BCUT2D eigenvalue weighted by atomic mass is 32.2. The van der Waals surface area contributed by atoms with Gasteiger partial charge in [0.25, 0.3) is 0 Å². The lowest BCUT2D eigenvalue weighted by Crippen LogP contribution is -2.35. The molecule has 0 radical (unpaired) electrons. The fourth-order valence-electron chi connectivity index (χ4n) is 2.75. The summed E-state index contributed by atoms with van der Waals surface area (Å²) >= 11 is 0. The van der Waals surface area contributed by atoms with Gasteiger partial charge in [0.1, 0.15) is 11.6 Å². The second-order valence-corrected chi connectivity index (χ2v) is 7.74. The number of amides is 1. The van der Waals surface area contributed by atoms with Gasteiger partial charge in [-0.05, 0) is 24.3 Å². The van der Waals surface area contributed by atoms with Crippen LogP contribution >= 0.6 is 0 Å². The van der Waals surface area contributed by atoms with E-state index in [0.717, 1.165) is 12.4 Å². The summed E-state index contributed by atoms with van der Waals surface area (Å²) in [5, 5.41) is 2.89. The number of carbonyl (C=O) groups is 1. The fraction of sp³-hybridized carbons (Fsp3) is 0.444. The molecule has 1 unspecified atom stereocenters. The van der Waals surface area contributed by atoms with E-state index >= 15 is 0 Å². The monoisotopic (exact) mass is 345 g/mol. The maximum Gasteiger partial charge on any atom is 0.232 e. The number of hydrogen-bond acceptors (Lipinski definition) is 3. The molecule has 1 aromatic heterocycles. The SMILES string of the molecule is O=C(CS(=O)Cc1nccn1Cc1ccccc1)NCC1CCC1. The highest BCUT2D eigenvalue weighted by Crippen LogP contribution is 2.25. The molecule has 128 valence electrons. The zero-order chi connectivity index (χ0) is 16.8. The normalized spacial score (nSPS) is 15.7. The van der Waals surface area contributed by atoms with E-state index in [1.165, 1.54) is 24.8 Å². The number of rotatable bonds is 8. The Morgan fingerprint density at radius 3 is 2.79 bits per heavy atom. The Hall–Kier alpha value is -1.95. The summed E-state index contributed by atoms with van der Waals surface area (Å²) in [7, 11) is -1.24. The minimum atomic E-state index is -1.24.